The van der Waals surface area contributed by atoms with E-state index in [-0.39, 0.29) is 29.4 Å². The van der Waals surface area contributed by atoms with Crippen molar-refractivity contribution in [1.29, 1.82) is 0 Å². The summed E-state index contributed by atoms with van der Waals surface area (Å²) in [6.07, 6.45) is 3.73. The number of aryl methyl sites for hydroxylation is 2. The summed E-state index contributed by atoms with van der Waals surface area (Å²) in [6, 6.07) is 6.02. The number of hydrogen-bond acceptors (Lipinski definition) is 3. The minimum Gasteiger partial charge on any atom is -0.308 e. The van der Waals surface area contributed by atoms with Crippen LogP contribution in [-0.4, -0.2) is 31.9 Å². The number of anilines is 1. The fourth-order valence-corrected chi connectivity index (χ4v) is 6.00. The van der Waals surface area contributed by atoms with Crippen LogP contribution in [0, 0.1) is 5.92 Å². The second-order valence-corrected chi connectivity index (χ2v) is 8.33. The van der Waals surface area contributed by atoms with E-state index < -0.39 is 9.84 Å². The quantitative estimate of drug-likeness (QED) is 0.784. The number of carbonyl (C=O) groups is 1. The zero-order chi connectivity index (χ0) is 13.9. The molecule has 0 aromatic heterocycles. The molecule has 1 aromatic carbocycles. The van der Waals surface area contributed by atoms with Crippen molar-refractivity contribution in [3.05, 3.63) is 29.3 Å². The summed E-state index contributed by atoms with van der Waals surface area (Å²) in [7, 11) is -2.98. The van der Waals surface area contributed by atoms with Gasteiger partial charge in [-0.15, -0.1) is 0 Å². The highest BCUT2D eigenvalue weighted by atomic mass is 32.2. The predicted molar refractivity (Wildman–Crippen MR) is 76.5 cm³/mol. The molecular formula is C15H17NO3S. The van der Waals surface area contributed by atoms with Gasteiger partial charge in [-0.1, -0.05) is 6.07 Å². The largest absolute Gasteiger partial charge is 0.308 e. The van der Waals surface area contributed by atoms with Gasteiger partial charge in [-0.05, 0) is 42.5 Å². The highest BCUT2D eigenvalue weighted by Crippen LogP contribution is 2.38. The molecule has 0 unspecified atom stereocenters. The van der Waals surface area contributed by atoms with Crippen LogP contribution in [0.1, 0.15) is 24.0 Å². The molecule has 0 saturated carbocycles. The van der Waals surface area contributed by atoms with E-state index in [1.807, 2.05) is 6.07 Å². The fourth-order valence-electron chi connectivity index (χ4n) is 3.93. The normalized spacial score (nSPS) is 30.6. The average molecular weight is 291 g/mol. The SMILES string of the molecule is O=C1C[C@@H]2CS(=O)(=O)C[C@H]2N1c1ccc2c(c1)CCC2. The van der Waals surface area contributed by atoms with Crippen LogP contribution in [0.3, 0.4) is 0 Å². The number of fused-ring (bicyclic) bond motifs is 2. The molecule has 0 bridgehead atoms. The van der Waals surface area contributed by atoms with Crippen LogP contribution >= 0.6 is 0 Å². The summed E-state index contributed by atoms with van der Waals surface area (Å²) in [4.78, 5) is 14.0. The maximum absolute atomic E-state index is 12.2. The van der Waals surface area contributed by atoms with E-state index in [1.54, 1.807) is 4.90 Å². The maximum Gasteiger partial charge on any atom is 0.227 e. The van der Waals surface area contributed by atoms with E-state index in [0.717, 1.165) is 18.5 Å². The van der Waals surface area contributed by atoms with Crippen molar-refractivity contribution >= 4 is 21.4 Å². The van der Waals surface area contributed by atoms with E-state index in [9.17, 15) is 13.2 Å². The monoisotopic (exact) mass is 291 g/mol. The van der Waals surface area contributed by atoms with Gasteiger partial charge >= 0.3 is 0 Å². The first-order valence-electron chi connectivity index (χ1n) is 7.18. The van der Waals surface area contributed by atoms with Gasteiger partial charge in [-0.3, -0.25) is 4.79 Å². The van der Waals surface area contributed by atoms with E-state index in [4.69, 9.17) is 0 Å². The molecule has 1 amide bonds. The molecule has 2 saturated heterocycles. The smallest absolute Gasteiger partial charge is 0.227 e. The van der Waals surface area contributed by atoms with Crippen molar-refractivity contribution in [2.24, 2.45) is 5.92 Å². The Balaban J connectivity index is 1.72. The molecule has 4 rings (SSSR count). The van der Waals surface area contributed by atoms with E-state index >= 15 is 0 Å². The first kappa shape index (κ1) is 12.4. The predicted octanol–water partition coefficient (Wildman–Crippen LogP) is 1.33. The second-order valence-electron chi connectivity index (χ2n) is 6.18. The lowest BCUT2D eigenvalue weighted by atomic mass is 10.0. The van der Waals surface area contributed by atoms with E-state index in [2.05, 4.69) is 12.1 Å². The summed E-state index contributed by atoms with van der Waals surface area (Å²) in [6.45, 7) is 0. The number of amides is 1. The zero-order valence-corrected chi connectivity index (χ0v) is 12.0. The molecule has 1 aliphatic carbocycles. The molecule has 2 heterocycles. The molecular weight excluding hydrogens is 274 g/mol. The fraction of sp³-hybridized carbons (Fsp3) is 0.533. The van der Waals surface area contributed by atoms with Crippen molar-refractivity contribution in [2.75, 3.05) is 16.4 Å². The third-order valence-corrected chi connectivity index (χ3v) is 6.62. The van der Waals surface area contributed by atoms with Crippen LogP contribution in [-0.2, 0) is 27.5 Å². The Bertz CT molecular complexity index is 695. The molecule has 4 nitrogen and oxygen atoms in total. The van der Waals surface area contributed by atoms with Crippen molar-refractivity contribution in [3.63, 3.8) is 0 Å². The van der Waals surface area contributed by atoms with Gasteiger partial charge in [0.05, 0.1) is 17.5 Å². The van der Waals surface area contributed by atoms with E-state index in [0.29, 0.717) is 6.42 Å². The van der Waals surface area contributed by atoms with Crippen LogP contribution in [0.2, 0.25) is 0 Å². The molecule has 5 heteroatoms. The van der Waals surface area contributed by atoms with Gasteiger partial charge in [0, 0.05) is 18.0 Å². The van der Waals surface area contributed by atoms with Crippen LogP contribution in [0.15, 0.2) is 18.2 Å². The highest BCUT2D eigenvalue weighted by Gasteiger charge is 2.49. The maximum atomic E-state index is 12.2. The van der Waals surface area contributed by atoms with Crippen molar-refractivity contribution < 1.29 is 13.2 Å². The summed E-state index contributed by atoms with van der Waals surface area (Å²) in [5.41, 5.74) is 3.58. The summed E-state index contributed by atoms with van der Waals surface area (Å²) >= 11 is 0. The van der Waals surface area contributed by atoms with Crippen LogP contribution < -0.4 is 4.90 Å². The Labute approximate surface area is 118 Å². The third kappa shape index (κ3) is 1.79. The Morgan fingerprint density at radius 1 is 1.10 bits per heavy atom. The number of hydrogen-bond donors (Lipinski definition) is 0. The van der Waals surface area contributed by atoms with Crippen molar-refractivity contribution in [1.82, 2.24) is 0 Å². The minimum atomic E-state index is -2.98. The lowest BCUT2D eigenvalue weighted by Gasteiger charge is -2.24. The van der Waals surface area contributed by atoms with E-state index in [1.165, 1.54) is 17.5 Å². The number of carbonyl (C=O) groups excluding carboxylic acids is 1. The van der Waals surface area contributed by atoms with Crippen LogP contribution in [0.4, 0.5) is 5.69 Å². The third-order valence-electron chi connectivity index (χ3n) is 4.83. The molecule has 0 radical (unpaired) electrons. The van der Waals surface area contributed by atoms with Gasteiger partial charge < -0.3 is 4.90 Å². The number of rotatable bonds is 1. The standard InChI is InChI=1S/C15H17NO3S/c17-15-7-12-8-20(18,19)9-14(12)16(15)13-5-4-10-2-1-3-11(10)6-13/h4-6,12,14H,1-3,7-9H2/t12-,14-/m1/s1. The number of nitrogens with zero attached hydrogens (tertiary/aromatic N) is 1. The molecule has 2 aliphatic heterocycles. The van der Waals surface area contributed by atoms with Crippen LogP contribution in [0.5, 0.6) is 0 Å². The Morgan fingerprint density at radius 2 is 1.90 bits per heavy atom. The van der Waals surface area contributed by atoms with Crippen molar-refractivity contribution in [3.8, 4) is 0 Å². The van der Waals surface area contributed by atoms with Gasteiger partial charge in [0.1, 0.15) is 0 Å². The zero-order valence-electron chi connectivity index (χ0n) is 11.2. The molecule has 3 aliphatic rings. The molecule has 2 atom stereocenters. The molecule has 106 valence electrons. The Hall–Kier alpha value is -1.36. The number of benzene rings is 1. The van der Waals surface area contributed by atoms with Gasteiger partial charge in [0.15, 0.2) is 9.84 Å². The molecule has 1 aromatic rings. The second kappa shape index (κ2) is 4.07. The average Bonchev–Trinajstić information content (AvgIpc) is 3.00. The Kier molecular flexibility index (Phi) is 2.52. The topological polar surface area (TPSA) is 54.5 Å². The van der Waals surface area contributed by atoms with Crippen molar-refractivity contribution in [2.45, 2.75) is 31.7 Å². The first-order chi connectivity index (χ1) is 9.53. The summed E-state index contributed by atoms with van der Waals surface area (Å²) in [5, 5.41) is 0. The Morgan fingerprint density at radius 3 is 2.75 bits per heavy atom. The summed E-state index contributed by atoms with van der Waals surface area (Å²) in [5.74, 6) is 0.360. The van der Waals surface area contributed by atoms with Gasteiger partial charge in [-0.25, -0.2) is 8.42 Å². The highest BCUT2D eigenvalue weighted by molar-refractivity contribution is 7.91. The van der Waals surface area contributed by atoms with Gasteiger partial charge in [0.2, 0.25) is 5.91 Å². The van der Waals surface area contributed by atoms with Gasteiger partial charge in [-0.2, -0.15) is 0 Å². The molecule has 0 N–H and O–H groups in total. The molecule has 20 heavy (non-hydrogen) atoms. The van der Waals surface area contributed by atoms with Crippen LogP contribution in [0.25, 0.3) is 0 Å². The molecule has 0 spiro atoms. The lowest BCUT2D eigenvalue weighted by molar-refractivity contribution is -0.117. The van der Waals surface area contributed by atoms with Gasteiger partial charge in [0.25, 0.3) is 0 Å². The summed E-state index contributed by atoms with van der Waals surface area (Å²) < 4.78 is 23.6. The lowest BCUT2D eigenvalue weighted by Crippen LogP contribution is -2.36. The number of sulfone groups is 1. The minimum absolute atomic E-state index is 0.0132. The first-order valence-corrected chi connectivity index (χ1v) is 9.00. The molecule has 2 fully saturated rings.